The van der Waals surface area contributed by atoms with Crippen molar-refractivity contribution in [1.29, 1.82) is 0 Å². The average Bonchev–Trinajstić information content (AvgIpc) is 2.33. The maximum atomic E-state index is 11.4. The molecule has 1 aromatic carbocycles. The molecular weight excluding hydrogens is 238 g/mol. The minimum Gasteiger partial charge on any atom is -0.296 e. The molecule has 0 aliphatic carbocycles. The van der Waals surface area contributed by atoms with Crippen molar-refractivity contribution in [2.45, 2.75) is 6.54 Å². The number of hydrogen-bond donors (Lipinski definition) is 1. The lowest BCUT2D eigenvalue weighted by atomic mass is 10.2. The summed E-state index contributed by atoms with van der Waals surface area (Å²) in [6, 6.07) is 7.20. The van der Waals surface area contributed by atoms with Crippen molar-refractivity contribution >= 4 is 5.69 Å². The van der Waals surface area contributed by atoms with Crippen molar-refractivity contribution in [2.75, 3.05) is 0 Å². The van der Waals surface area contributed by atoms with Crippen LogP contribution in [-0.4, -0.2) is 14.5 Å². The molecule has 92 valence electrons. The molecule has 0 saturated heterocycles. The summed E-state index contributed by atoms with van der Waals surface area (Å²) in [4.78, 5) is 34.5. The fraction of sp³-hybridized carbons (Fsp3) is 0.0909. The number of nitrogens with zero attached hydrogens (tertiary/aromatic N) is 2. The molecule has 0 radical (unpaired) electrons. The molecule has 0 spiro atoms. The normalized spacial score (nSPS) is 10.2. The molecule has 0 aliphatic heterocycles. The Bertz CT molecular complexity index is 702. The molecule has 0 atom stereocenters. The Hall–Kier alpha value is -2.70. The van der Waals surface area contributed by atoms with Crippen molar-refractivity contribution < 1.29 is 4.92 Å². The molecule has 2 rings (SSSR count). The van der Waals surface area contributed by atoms with E-state index in [-0.39, 0.29) is 12.2 Å². The maximum absolute atomic E-state index is 11.4. The van der Waals surface area contributed by atoms with Crippen LogP contribution in [0.5, 0.6) is 0 Å². The molecule has 0 unspecified atom stereocenters. The largest absolute Gasteiger partial charge is 0.328 e. The smallest absolute Gasteiger partial charge is 0.296 e. The van der Waals surface area contributed by atoms with E-state index in [1.807, 2.05) is 0 Å². The Labute approximate surface area is 100 Å². The Morgan fingerprint density at radius 2 is 2.06 bits per heavy atom. The quantitative estimate of drug-likeness (QED) is 0.630. The molecule has 0 saturated carbocycles. The SMILES string of the molecule is O=c1ccn(Cc2cccc([N+](=O)[O-])c2)c(=O)[nH]1. The molecule has 7 heteroatoms. The van der Waals surface area contributed by atoms with Crippen LogP contribution in [0.3, 0.4) is 0 Å². The summed E-state index contributed by atoms with van der Waals surface area (Å²) >= 11 is 0. The highest BCUT2D eigenvalue weighted by atomic mass is 16.6. The maximum Gasteiger partial charge on any atom is 0.328 e. The van der Waals surface area contributed by atoms with Crippen molar-refractivity contribution in [2.24, 2.45) is 0 Å². The Kier molecular flexibility index (Phi) is 3.05. The fourth-order valence-electron chi connectivity index (χ4n) is 1.53. The van der Waals surface area contributed by atoms with E-state index in [1.54, 1.807) is 12.1 Å². The second kappa shape index (κ2) is 4.66. The second-order valence-corrected chi connectivity index (χ2v) is 3.67. The van der Waals surface area contributed by atoms with Crippen molar-refractivity contribution in [1.82, 2.24) is 9.55 Å². The lowest BCUT2D eigenvalue weighted by Crippen LogP contribution is -2.28. The Balaban J connectivity index is 2.34. The van der Waals surface area contributed by atoms with Crippen LogP contribution in [0.2, 0.25) is 0 Å². The van der Waals surface area contributed by atoms with Gasteiger partial charge in [-0.05, 0) is 5.56 Å². The van der Waals surface area contributed by atoms with E-state index in [1.165, 1.54) is 29.0 Å². The number of nitro groups is 1. The van der Waals surface area contributed by atoms with Crippen LogP contribution in [0, 0.1) is 10.1 Å². The Morgan fingerprint density at radius 1 is 1.28 bits per heavy atom. The number of H-pyrrole nitrogens is 1. The van der Waals surface area contributed by atoms with E-state index in [4.69, 9.17) is 0 Å². The zero-order chi connectivity index (χ0) is 13.1. The summed E-state index contributed by atoms with van der Waals surface area (Å²) < 4.78 is 1.26. The van der Waals surface area contributed by atoms with Crippen LogP contribution in [0.1, 0.15) is 5.56 Å². The van der Waals surface area contributed by atoms with Gasteiger partial charge in [-0.3, -0.25) is 24.5 Å². The second-order valence-electron chi connectivity index (χ2n) is 3.67. The van der Waals surface area contributed by atoms with E-state index >= 15 is 0 Å². The van der Waals surface area contributed by atoms with Crippen molar-refractivity contribution in [3.8, 4) is 0 Å². The molecule has 18 heavy (non-hydrogen) atoms. The van der Waals surface area contributed by atoms with Crippen LogP contribution in [0.4, 0.5) is 5.69 Å². The van der Waals surface area contributed by atoms with Gasteiger partial charge in [-0.25, -0.2) is 4.79 Å². The van der Waals surface area contributed by atoms with E-state index in [0.29, 0.717) is 5.56 Å². The molecular formula is C11H9N3O4. The molecule has 0 bridgehead atoms. The summed E-state index contributed by atoms with van der Waals surface area (Å²) in [5.41, 5.74) is -0.451. The predicted octanol–water partition coefficient (Wildman–Crippen LogP) is 0.493. The monoisotopic (exact) mass is 247 g/mol. The summed E-state index contributed by atoms with van der Waals surface area (Å²) in [7, 11) is 0. The zero-order valence-electron chi connectivity index (χ0n) is 9.20. The summed E-state index contributed by atoms with van der Waals surface area (Å²) in [6.45, 7) is 0.164. The van der Waals surface area contributed by atoms with Gasteiger partial charge in [0.2, 0.25) is 0 Å². The Morgan fingerprint density at radius 3 is 2.72 bits per heavy atom. The first kappa shape index (κ1) is 11.8. The van der Waals surface area contributed by atoms with Crippen LogP contribution >= 0.6 is 0 Å². The van der Waals surface area contributed by atoms with E-state index in [0.717, 1.165) is 0 Å². The van der Waals surface area contributed by atoms with Crippen LogP contribution in [-0.2, 0) is 6.54 Å². The minimum atomic E-state index is -0.547. The molecule has 7 nitrogen and oxygen atoms in total. The lowest BCUT2D eigenvalue weighted by molar-refractivity contribution is -0.384. The molecule has 1 N–H and O–H groups in total. The van der Waals surface area contributed by atoms with Gasteiger partial charge >= 0.3 is 5.69 Å². The number of nitro benzene ring substituents is 1. The summed E-state index contributed by atoms with van der Waals surface area (Å²) in [5.74, 6) is 0. The molecule has 1 aromatic heterocycles. The third kappa shape index (κ3) is 2.51. The first-order valence-corrected chi connectivity index (χ1v) is 5.09. The molecule has 0 amide bonds. The summed E-state index contributed by atoms with van der Waals surface area (Å²) in [6.07, 6.45) is 1.35. The first-order chi connectivity index (χ1) is 8.56. The van der Waals surface area contributed by atoms with Gasteiger partial charge in [0.1, 0.15) is 0 Å². The average molecular weight is 247 g/mol. The van der Waals surface area contributed by atoms with Gasteiger partial charge in [-0.2, -0.15) is 0 Å². The number of nitrogens with one attached hydrogen (secondary N) is 1. The number of hydrogen-bond acceptors (Lipinski definition) is 4. The third-order valence-electron chi connectivity index (χ3n) is 2.37. The van der Waals surface area contributed by atoms with E-state index in [2.05, 4.69) is 4.98 Å². The standard InChI is InChI=1S/C11H9N3O4/c15-10-4-5-13(11(16)12-10)7-8-2-1-3-9(6-8)14(17)18/h1-6H,7H2,(H,12,15,16). The molecule has 1 heterocycles. The van der Waals surface area contributed by atoms with Crippen LogP contribution in [0.15, 0.2) is 46.1 Å². The first-order valence-electron chi connectivity index (χ1n) is 5.09. The van der Waals surface area contributed by atoms with E-state index < -0.39 is 16.2 Å². The van der Waals surface area contributed by atoms with Gasteiger partial charge in [-0.1, -0.05) is 12.1 Å². The number of aromatic nitrogens is 2. The van der Waals surface area contributed by atoms with E-state index in [9.17, 15) is 19.7 Å². The highest BCUT2D eigenvalue weighted by Crippen LogP contribution is 2.13. The number of aromatic amines is 1. The highest BCUT2D eigenvalue weighted by molar-refractivity contribution is 5.34. The van der Waals surface area contributed by atoms with Gasteiger partial charge in [0.05, 0.1) is 11.5 Å². The van der Waals surface area contributed by atoms with Gasteiger partial charge in [-0.15, -0.1) is 0 Å². The predicted molar refractivity (Wildman–Crippen MR) is 63.5 cm³/mol. The highest BCUT2D eigenvalue weighted by Gasteiger charge is 2.06. The van der Waals surface area contributed by atoms with Gasteiger partial charge in [0, 0.05) is 24.4 Å². The zero-order valence-corrected chi connectivity index (χ0v) is 9.20. The van der Waals surface area contributed by atoms with Gasteiger partial charge in [0.25, 0.3) is 11.2 Å². The molecule has 2 aromatic rings. The fourth-order valence-corrected chi connectivity index (χ4v) is 1.53. The summed E-state index contributed by atoms with van der Waals surface area (Å²) in [5, 5.41) is 10.6. The molecule has 0 fully saturated rings. The lowest BCUT2D eigenvalue weighted by Gasteiger charge is -2.04. The number of non-ortho nitro benzene ring substituents is 1. The molecule has 0 aliphatic rings. The number of benzene rings is 1. The van der Waals surface area contributed by atoms with Crippen LogP contribution < -0.4 is 11.2 Å². The van der Waals surface area contributed by atoms with Crippen LogP contribution in [0.25, 0.3) is 0 Å². The third-order valence-corrected chi connectivity index (χ3v) is 2.37. The topological polar surface area (TPSA) is 98.0 Å². The van der Waals surface area contributed by atoms with Crippen molar-refractivity contribution in [3.63, 3.8) is 0 Å². The minimum absolute atomic E-state index is 0.0371. The number of rotatable bonds is 3. The van der Waals surface area contributed by atoms with Crippen molar-refractivity contribution in [3.05, 3.63) is 73.0 Å². The van der Waals surface area contributed by atoms with Gasteiger partial charge < -0.3 is 0 Å². The van der Waals surface area contributed by atoms with Gasteiger partial charge in [0.15, 0.2) is 0 Å².